The second-order valence-electron chi connectivity index (χ2n) is 4.22. The Morgan fingerprint density at radius 2 is 1.09 bits per heavy atom. The van der Waals surface area contributed by atoms with Crippen LogP contribution in [0.25, 0.3) is 0 Å². The smallest absolute Gasteiger partial charge is 0.350 e. The zero-order valence-electron chi connectivity index (χ0n) is 11.6. The molecule has 0 aliphatic carbocycles. The van der Waals surface area contributed by atoms with Crippen molar-refractivity contribution in [2.75, 3.05) is 39.6 Å². The van der Waals surface area contributed by atoms with E-state index in [1.54, 1.807) is 0 Å². The lowest BCUT2D eigenvalue weighted by Crippen LogP contribution is -2.16. The number of rotatable bonds is 2. The van der Waals surface area contributed by atoms with Gasteiger partial charge in [0, 0.05) is 0 Å². The minimum absolute atomic E-state index is 0.0569. The van der Waals surface area contributed by atoms with Gasteiger partial charge in [-0.2, -0.15) is 0 Å². The second kappa shape index (κ2) is 7.52. The van der Waals surface area contributed by atoms with Crippen molar-refractivity contribution in [2.24, 2.45) is 0 Å². The molecule has 0 amide bonds. The van der Waals surface area contributed by atoms with Crippen molar-refractivity contribution in [1.29, 1.82) is 0 Å². The highest BCUT2D eigenvalue weighted by molar-refractivity contribution is 5.62. The summed E-state index contributed by atoms with van der Waals surface area (Å²) in [7, 11) is 0. The minimum atomic E-state index is -0.836. The zero-order chi connectivity index (χ0) is 15.9. The van der Waals surface area contributed by atoms with Crippen molar-refractivity contribution in [3.8, 4) is 11.5 Å². The van der Waals surface area contributed by atoms with E-state index >= 15 is 0 Å². The summed E-state index contributed by atoms with van der Waals surface area (Å²) in [6.45, 7) is 1.57. The molecule has 22 heavy (non-hydrogen) atoms. The molecule has 1 heterocycles. The fraction of sp³-hybridized carbons (Fsp3) is 0.500. The van der Waals surface area contributed by atoms with Crippen LogP contribution in [0.5, 0.6) is 11.5 Å². The van der Waals surface area contributed by atoms with E-state index in [4.69, 9.17) is 18.9 Å². The van der Waals surface area contributed by atoms with E-state index in [2.05, 4.69) is 0 Å². The number of benzene rings is 1. The van der Waals surface area contributed by atoms with Gasteiger partial charge >= 0.3 is 11.4 Å². The van der Waals surface area contributed by atoms with Crippen molar-refractivity contribution in [3.63, 3.8) is 0 Å². The van der Waals surface area contributed by atoms with Gasteiger partial charge < -0.3 is 18.9 Å². The van der Waals surface area contributed by atoms with Crippen LogP contribution in [-0.4, -0.2) is 49.5 Å². The number of nitrogens with zero attached hydrogens (tertiary/aromatic N) is 2. The summed E-state index contributed by atoms with van der Waals surface area (Å²) in [5.41, 5.74) is -1.31. The molecule has 1 aliphatic rings. The molecule has 0 radical (unpaired) electrons. The van der Waals surface area contributed by atoms with Crippen LogP contribution in [0.3, 0.4) is 0 Å². The first kappa shape index (κ1) is 15.9. The maximum atomic E-state index is 10.9. The zero-order valence-corrected chi connectivity index (χ0v) is 11.6. The predicted molar refractivity (Wildman–Crippen MR) is 72.4 cm³/mol. The largest absolute Gasteiger partial charge is 0.487 e. The highest BCUT2D eigenvalue weighted by atomic mass is 16.6. The Morgan fingerprint density at radius 3 is 1.45 bits per heavy atom. The Balaban J connectivity index is 2.34. The molecular formula is C12H14N2O8. The SMILES string of the molecule is O=[N+]([O-])c1cc2c(cc1[N+](=O)[O-])OCCOCCOCCO2. The Kier molecular flexibility index (Phi) is 5.44. The lowest BCUT2D eigenvalue weighted by Gasteiger charge is -2.14. The van der Waals surface area contributed by atoms with E-state index in [9.17, 15) is 20.2 Å². The molecule has 1 aromatic carbocycles. The molecule has 0 spiro atoms. The van der Waals surface area contributed by atoms with Gasteiger partial charge in [-0.3, -0.25) is 20.2 Å². The van der Waals surface area contributed by atoms with Crippen LogP contribution in [0.2, 0.25) is 0 Å². The molecule has 0 atom stereocenters. The first-order valence-corrected chi connectivity index (χ1v) is 6.47. The molecule has 0 N–H and O–H groups in total. The molecule has 1 aliphatic heterocycles. The third-order valence-electron chi connectivity index (χ3n) is 2.78. The van der Waals surface area contributed by atoms with Crippen molar-refractivity contribution in [1.82, 2.24) is 0 Å². The number of nitro benzene ring substituents is 2. The van der Waals surface area contributed by atoms with Crippen LogP contribution >= 0.6 is 0 Å². The van der Waals surface area contributed by atoms with Crippen molar-refractivity contribution < 1.29 is 28.8 Å². The lowest BCUT2D eigenvalue weighted by molar-refractivity contribution is -0.422. The lowest BCUT2D eigenvalue weighted by atomic mass is 10.2. The molecule has 0 saturated carbocycles. The Morgan fingerprint density at radius 1 is 0.727 bits per heavy atom. The van der Waals surface area contributed by atoms with Gasteiger partial charge in [0.15, 0.2) is 11.5 Å². The van der Waals surface area contributed by atoms with Gasteiger partial charge in [-0.05, 0) is 0 Å². The molecule has 120 valence electrons. The van der Waals surface area contributed by atoms with Gasteiger partial charge in [0.2, 0.25) is 0 Å². The molecule has 1 aromatic rings. The molecule has 0 fully saturated rings. The van der Waals surface area contributed by atoms with Crippen LogP contribution in [0.1, 0.15) is 0 Å². The summed E-state index contributed by atoms with van der Waals surface area (Å²) in [5.74, 6) is 0.114. The van der Waals surface area contributed by atoms with E-state index in [-0.39, 0.29) is 37.9 Å². The third-order valence-corrected chi connectivity index (χ3v) is 2.78. The summed E-state index contributed by atoms with van der Waals surface area (Å²) < 4.78 is 21.2. The van der Waals surface area contributed by atoms with Crippen molar-refractivity contribution >= 4 is 11.4 Å². The van der Waals surface area contributed by atoms with Gasteiger partial charge in [-0.15, -0.1) is 0 Å². The summed E-state index contributed by atoms with van der Waals surface area (Å²) >= 11 is 0. The maximum absolute atomic E-state index is 10.9. The summed E-state index contributed by atoms with van der Waals surface area (Å²) in [6.07, 6.45) is 0. The number of fused-ring (bicyclic) bond motifs is 1. The average molecular weight is 314 g/mol. The molecule has 10 heteroatoms. The number of ether oxygens (including phenoxy) is 4. The minimum Gasteiger partial charge on any atom is -0.487 e. The highest BCUT2D eigenvalue weighted by Gasteiger charge is 2.28. The van der Waals surface area contributed by atoms with Gasteiger partial charge in [-0.1, -0.05) is 0 Å². The fourth-order valence-electron chi connectivity index (χ4n) is 1.80. The maximum Gasteiger partial charge on any atom is 0.350 e. The fourth-order valence-corrected chi connectivity index (χ4v) is 1.80. The van der Waals surface area contributed by atoms with E-state index < -0.39 is 21.2 Å². The van der Waals surface area contributed by atoms with E-state index in [1.165, 1.54) is 0 Å². The van der Waals surface area contributed by atoms with Crippen LogP contribution in [-0.2, 0) is 9.47 Å². The number of nitro groups is 2. The normalized spacial score (nSPS) is 16.2. The Bertz CT molecular complexity index is 513. The Labute approximate surface area is 124 Å². The Hall–Kier alpha value is -2.46. The number of hydrogen-bond acceptors (Lipinski definition) is 8. The van der Waals surface area contributed by atoms with Crippen LogP contribution in [0, 0.1) is 20.2 Å². The second-order valence-corrected chi connectivity index (χ2v) is 4.22. The first-order valence-electron chi connectivity index (χ1n) is 6.47. The highest BCUT2D eigenvalue weighted by Crippen LogP contribution is 2.39. The summed E-state index contributed by atoms with van der Waals surface area (Å²) in [6, 6.07) is 1.97. The molecule has 0 bridgehead atoms. The molecule has 10 nitrogen and oxygen atoms in total. The summed E-state index contributed by atoms with van der Waals surface area (Å²) in [5, 5.41) is 21.9. The van der Waals surface area contributed by atoms with Gasteiger partial charge in [0.05, 0.1) is 48.4 Å². The quantitative estimate of drug-likeness (QED) is 0.591. The van der Waals surface area contributed by atoms with E-state index in [1.807, 2.05) is 0 Å². The number of hydrogen-bond donors (Lipinski definition) is 0. The van der Waals surface area contributed by atoms with Crippen LogP contribution in [0.15, 0.2) is 12.1 Å². The molecule has 0 saturated heterocycles. The molecule has 0 unspecified atom stereocenters. The topological polar surface area (TPSA) is 123 Å². The van der Waals surface area contributed by atoms with E-state index in [0.29, 0.717) is 13.2 Å². The molecular weight excluding hydrogens is 300 g/mol. The summed E-state index contributed by atoms with van der Waals surface area (Å²) in [4.78, 5) is 20.2. The standard InChI is InChI=1S/C12H14N2O8/c15-13(16)9-7-11-12(8-10(9)14(17)18)22-6-4-20-2-1-19-3-5-21-11/h7-8H,1-6H2. The third kappa shape index (κ3) is 4.02. The van der Waals surface area contributed by atoms with E-state index in [0.717, 1.165) is 12.1 Å². The van der Waals surface area contributed by atoms with Gasteiger partial charge in [-0.25, -0.2) is 0 Å². The monoisotopic (exact) mass is 314 g/mol. The van der Waals surface area contributed by atoms with Crippen LogP contribution < -0.4 is 9.47 Å². The predicted octanol–water partition coefficient (Wildman–Crippen LogP) is 1.31. The van der Waals surface area contributed by atoms with Crippen LogP contribution in [0.4, 0.5) is 11.4 Å². The van der Waals surface area contributed by atoms with Gasteiger partial charge in [0.1, 0.15) is 13.2 Å². The van der Waals surface area contributed by atoms with Crippen molar-refractivity contribution in [3.05, 3.63) is 32.4 Å². The molecule has 0 aromatic heterocycles. The molecule has 2 rings (SSSR count). The van der Waals surface area contributed by atoms with Gasteiger partial charge in [0.25, 0.3) is 0 Å². The van der Waals surface area contributed by atoms with Crippen molar-refractivity contribution in [2.45, 2.75) is 0 Å². The average Bonchev–Trinajstić information content (AvgIpc) is 2.47. The first-order chi connectivity index (χ1) is 10.6.